The summed E-state index contributed by atoms with van der Waals surface area (Å²) in [5.74, 6) is 1.95. The van der Waals surface area contributed by atoms with E-state index in [-0.39, 0.29) is 23.5 Å². The minimum absolute atomic E-state index is 0.143. The number of aromatic amines is 1. The summed E-state index contributed by atoms with van der Waals surface area (Å²) < 4.78 is 5.18. The molecular weight excluding hydrogens is 398 g/mol. The molecule has 4 N–H and O–H groups in total. The van der Waals surface area contributed by atoms with E-state index in [1.807, 2.05) is 0 Å². The highest BCUT2D eigenvalue weighted by Crippen LogP contribution is 2.41. The van der Waals surface area contributed by atoms with Crippen molar-refractivity contribution in [2.24, 2.45) is 11.8 Å². The Hall–Kier alpha value is -2.88. The van der Waals surface area contributed by atoms with E-state index in [0.717, 1.165) is 26.1 Å². The highest BCUT2D eigenvalue weighted by molar-refractivity contribution is 5.91. The number of aryl methyl sites for hydroxylation is 1. The number of carbonyl (C=O) groups excluding carboxylic acids is 1. The van der Waals surface area contributed by atoms with E-state index in [9.17, 15) is 9.59 Å². The number of hydrogen-bond acceptors (Lipinski definition) is 8. The maximum absolute atomic E-state index is 12.6. The standard InChI is InChI=1S/C21H29N7O3/c1-12-24-15(11-31-12)20(30)23-8-17-14-6-13(16-4-2-3-5-28(16)17)9-27(10-14)18-7-19(29)26-21(22)25-18/h7,11,13-14,16-17H,2-6,8-10H2,1H3,(H,23,30)(H3,22,25,26,29)/t13-,14+,16+,17+/m1/s1. The van der Waals surface area contributed by atoms with E-state index in [4.69, 9.17) is 10.2 Å². The fourth-order valence-electron chi connectivity index (χ4n) is 5.76. The number of nitrogens with zero attached hydrogens (tertiary/aromatic N) is 4. The zero-order chi connectivity index (χ0) is 21.5. The van der Waals surface area contributed by atoms with Gasteiger partial charge in [-0.2, -0.15) is 4.98 Å². The molecule has 3 saturated heterocycles. The van der Waals surface area contributed by atoms with Gasteiger partial charge in [0.15, 0.2) is 11.6 Å². The normalized spacial score (nSPS) is 28.2. The molecule has 1 amide bonds. The van der Waals surface area contributed by atoms with Crippen molar-refractivity contribution in [2.45, 2.75) is 44.7 Å². The summed E-state index contributed by atoms with van der Waals surface area (Å²) in [4.78, 5) is 40.4. The number of aromatic nitrogens is 3. The van der Waals surface area contributed by atoms with Crippen LogP contribution >= 0.6 is 0 Å². The molecule has 31 heavy (non-hydrogen) atoms. The molecular formula is C21H29N7O3. The van der Waals surface area contributed by atoms with E-state index in [1.54, 1.807) is 6.92 Å². The van der Waals surface area contributed by atoms with Gasteiger partial charge in [-0.05, 0) is 37.6 Å². The largest absolute Gasteiger partial charge is 0.448 e. The molecule has 2 aromatic rings. The van der Waals surface area contributed by atoms with Gasteiger partial charge in [-0.25, -0.2) is 4.98 Å². The van der Waals surface area contributed by atoms with Crippen molar-refractivity contribution in [3.8, 4) is 0 Å². The monoisotopic (exact) mass is 427 g/mol. The number of amides is 1. The van der Waals surface area contributed by atoms with Crippen molar-refractivity contribution in [2.75, 3.05) is 36.8 Å². The Morgan fingerprint density at radius 1 is 1.32 bits per heavy atom. The molecule has 166 valence electrons. The van der Waals surface area contributed by atoms with Crippen molar-refractivity contribution < 1.29 is 9.21 Å². The third-order valence-corrected chi connectivity index (χ3v) is 7.02. The molecule has 5 heterocycles. The zero-order valence-electron chi connectivity index (χ0n) is 17.7. The fraction of sp³-hybridized carbons (Fsp3) is 0.619. The van der Waals surface area contributed by atoms with Crippen LogP contribution in [0.1, 0.15) is 42.1 Å². The minimum atomic E-state index is -0.232. The molecule has 0 unspecified atom stereocenters. The molecule has 3 aliphatic heterocycles. The van der Waals surface area contributed by atoms with Gasteiger partial charge in [0.1, 0.15) is 12.1 Å². The van der Waals surface area contributed by atoms with Gasteiger partial charge < -0.3 is 20.4 Å². The predicted octanol–water partition coefficient (Wildman–Crippen LogP) is 0.758. The molecule has 4 atom stereocenters. The van der Waals surface area contributed by atoms with Gasteiger partial charge in [-0.3, -0.25) is 19.5 Å². The first-order valence-corrected chi connectivity index (χ1v) is 11.1. The number of oxazole rings is 1. The first kappa shape index (κ1) is 20.0. The molecule has 0 radical (unpaired) electrons. The molecule has 0 aromatic carbocycles. The first-order chi connectivity index (χ1) is 15.0. The van der Waals surface area contributed by atoms with Crippen molar-refractivity contribution in [3.63, 3.8) is 0 Å². The Balaban J connectivity index is 1.36. The highest BCUT2D eigenvalue weighted by atomic mass is 16.3. The Morgan fingerprint density at radius 2 is 2.16 bits per heavy atom. The second kappa shape index (κ2) is 7.99. The number of H-pyrrole nitrogens is 1. The summed E-state index contributed by atoms with van der Waals surface area (Å²) in [5.41, 5.74) is 5.87. The van der Waals surface area contributed by atoms with Crippen LogP contribution in [0.15, 0.2) is 21.5 Å². The van der Waals surface area contributed by atoms with Gasteiger partial charge in [0, 0.05) is 44.7 Å². The number of nitrogens with one attached hydrogen (secondary N) is 2. The van der Waals surface area contributed by atoms with E-state index < -0.39 is 0 Å². The summed E-state index contributed by atoms with van der Waals surface area (Å²) in [5, 5.41) is 3.08. The number of hydrogen-bond donors (Lipinski definition) is 3. The summed E-state index contributed by atoms with van der Waals surface area (Å²) in [7, 11) is 0. The average molecular weight is 428 g/mol. The van der Waals surface area contributed by atoms with Gasteiger partial charge in [0.2, 0.25) is 5.95 Å². The molecule has 2 bridgehead atoms. The predicted molar refractivity (Wildman–Crippen MR) is 115 cm³/mol. The summed E-state index contributed by atoms with van der Waals surface area (Å²) in [6.45, 7) is 5.03. The second-order valence-corrected chi connectivity index (χ2v) is 8.98. The summed E-state index contributed by atoms with van der Waals surface area (Å²) in [6, 6.07) is 2.25. The van der Waals surface area contributed by atoms with Crippen LogP contribution < -0.4 is 21.5 Å². The Labute approximate surface area is 180 Å². The van der Waals surface area contributed by atoms with Crippen LogP contribution in [-0.2, 0) is 0 Å². The molecule has 10 nitrogen and oxygen atoms in total. The maximum atomic E-state index is 12.6. The summed E-state index contributed by atoms with van der Waals surface area (Å²) in [6.07, 6.45) is 6.12. The lowest BCUT2D eigenvalue weighted by Gasteiger charge is -2.57. The zero-order valence-corrected chi connectivity index (χ0v) is 17.7. The Bertz CT molecular complexity index is 1020. The third kappa shape index (κ3) is 3.91. The van der Waals surface area contributed by atoms with E-state index in [2.05, 4.69) is 30.1 Å². The topological polar surface area (TPSA) is 133 Å². The smallest absolute Gasteiger partial charge is 0.273 e. The molecule has 10 heteroatoms. The van der Waals surface area contributed by atoms with Crippen molar-refractivity contribution in [1.82, 2.24) is 25.2 Å². The van der Waals surface area contributed by atoms with E-state index >= 15 is 0 Å². The maximum Gasteiger partial charge on any atom is 0.273 e. The van der Waals surface area contributed by atoms with Gasteiger partial charge in [0.05, 0.1) is 0 Å². The van der Waals surface area contributed by atoms with Gasteiger partial charge >= 0.3 is 0 Å². The molecule has 0 saturated carbocycles. The van der Waals surface area contributed by atoms with Gasteiger partial charge in [0.25, 0.3) is 11.5 Å². The number of nitrogens with two attached hydrogens (primary N) is 1. The number of fused-ring (bicyclic) bond motifs is 4. The molecule has 3 fully saturated rings. The average Bonchev–Trinajstić information content (AvgIpc) is 3.19. The first-order valence-electron chi connectivity index (χ1n) is 11.1. The fourth-order valence-corrected chi connectivity index (χ4v) is 5.76. The second-order valence-electron chi connectivity index (χ2n) is 8.98. The van der Waals surface area contributed by atoms with Crippen molar-refractivity contribution >= 4 is 17.7 Å². The van der Waals surface area contributed by atoms with Crippen LogP contribution in [0.25, 0.3) is 0 Å². The minimum Gasteiger partial charge on any atom is -0.448 e. The van der Waals surface area contributed by atoms with Crippen LogP contribution in [0.4, 0.5) is 11.8 Å². The Morgan fingerprint density at radius 3 is 2.94 bits per heavy atom. The molecule has 0 spiro atoms. The lowest BCUT2D eigenvalue weighted by Crippen LogP contribution is -2.66. The van der Waals surface area contributed by atoms with E-state index in [0.29, 0.717) is 41.8 Å². The van der Waals surface area contributed by atoms with Crippen LogP contribution in [0, 0.1) is 18.8 Å². The van der Waals surface area contributed by atoms with Crippen LogP contribution in [0.3, 0.4) is 0 Å². The molecule has 3 aliphatic rings. The SMILES string of the molecule is Cc1nc(C(=O)NC[C@H]2[C@H]3C[C@H](CN(c4cc(=O)[nH]c(N)n4)C3)[C@@H]3CCCCN32)co1. The van der Waals surface area contributed by atoms with Crippen molar-refractivity contribution in [3.05, 3.63) is 34.3 Å². The lowest BCUT2D eigenvalue weighted by molar-refractivity contribution is -0.0307. The highest BCUT2D eigenvalue weighted by Gasteiger charge is 2.47. The van der Waals surface area contributed by atoms with Crippen LogP contribution in [0.2, 0.25) is 0 Å². The van der Waals surface area contributed by atoms with E-state index in [1.165, 1.54) is 31.6 Å². The summed E-state index contributed by atoms with van der Waals surface area (Å²) >= 11 is 0. The molecule has 2 aromatic heterocycles. The number of anilines is 2. The van der Waals surface area contributed by atoms with Crippen LogP contribution in [0.5, 0.6) is 0 Å². The van der Waals surface area contributed by atoms with Gasteiger partial charge in [-0.1, -0.05) is 6.42 Å². The molecule has 0 aliphatic carbocycles. The molecule has 5 rings (SSSR count). The van der Waals surface area contributed by atoms with Crippen molar-refractivity contribution in [1.29, 1.82) is 0 Å². The Kier molecular flexibility index (Phi) is 5.17. The lowest BCUT2D eigenvalue weighted by atomic mass is 9.72. The number of piperidine rings is 3. The number of carbonyl (C=O) groups is 1. The quantitative estimate of drug-likeness (QED) is 0.651. The van der Waals surface area contributed by atoms with Crippen LogP contribution in [-0.4, -0.2) is 64.0 Å². The number of nitrogen functional groups attached to an aromatic ring is 1. The number of rotatable bonds is 4. The third-order valence-electron chi connectivity index (χ3n) is 7.02. The van der Waals surface area contributed by atoms with Gasteiger partial charge in [-0.15, -0.1) is 0 Å².